The summed E-state index contributed by atoms with van der Waals surface area (Å²) in [6.45, 7) is 9.19. The molecule has 0 aliphatic rings. The van der Waals surface area contributed by atoms with Gasteiger partial charge in [0.15, 0.2) is 0 Å². The predicted octanol–water partition coefficient (Wildman–Crippen LogP) is 0.461. The molecule has 0 fully saturated rings. The molecule has 0 aromatic rings. The summed E-state index contributed by atoms with van der Waals surface area (Å²) < 4.78 is 0. The molecule has 0 heterocycles. The maximum atomic E-state index is 10.8. The molecule has 0 rings (SSSR count). The first-order valence-electron chi connectivity index (χ1n) is 5.30. The third-order valence-corrected chi connectivity index (χ3v) is 1.69. The number of nitrogens with one attached hydrogen (secondary N) is 1. The Morgan fingerprint density at radius 1 is 1.36 bits per heavy atom. The molecule has 4 nitrogen and oxygen atoms in total. The van der Waals surface area contributed by atoms with E-state index >= 15 is 0 Å². The Morgan fingerprint density at radius 3 is 2.14 bits per heavy atom. The minimum atomic E-state index is -0.270. The van der Waals surface area contributed by atoms with Crippen molar-refractivity contribution in [2.75, 3.05) is 13.1 Å². The number of primary amides is 1. The molecule has 0 aliphatic carbocycles. The second kappa shape index (κ2) is 10.5. The van der Waals surface area contributed by atoms with Crippen molar-refractivity contribution in [1.82, 2.24) is 5.32 Å². The van der Waals surface area contributed by atoms with Crippen molar-refractivity contribution >= 4 is 5.91 Å². The van der Waals surface area contributed by atoms with Crippen molar-refractivity contribution in [2.24, 2.45) is 17.4 Å². The third-order valence-electron chi connectivity index (χ3n) is 1.69. The zero-order valence-electron chi connectivity index (χ0n) is 9.84. The summed E-state index contributed by atoms with van der Waals surface area (Å²) in [6.07, 6.45) is 0.662. The Hall–Kier alpha value is -0.610. The largest absolute Gasteiger partial charge is 0.369 e. The normalized spacial score (nSPS) is 11.9. The van der Waals surface area contributed by atoms with E-state index in [9.17, 15) is 4.79 Å². The number of nitrogens with two attached hydrogens (primary N) is 2. The van der Waals surface area contributed by atoms with Gasteiger partial charge in [0.05, 0.1) is 5.92 Å². The van der Waals surface area contributed by atoms with Gasteiger partial charge in [0.1, 0.15) is 0 Å². The van der Waals surface area contributed by atoms with E-state index in [0.717, 1.165) is 0 Å². The number of carbonyl (C=O) groups excluding carboxylic acids is 1. The Bertz CT molecular complexity index is 137. The molecule has 5 N–H and O–H groups in total. The quantitative estimate of drug-likeness (QED) is 0.586. The van der Waals surface area contributed by atoms with Gasteiger partial charge in [0, 0.05) is 12.6 Å². The van der Waals surface area contributed by atoms with Crippen LogP contribution in [0.25, 0.3) is 0 Å². The number of rotatable bonds is 6. The number of hydrogen-bond donors (Lipinski definition) is 3. The molecule has 0 radical (unpaired) electrons. The fraction of sp³-hybridized carbons (Fsp3) is 0.900. The van der Waals surface area contributed by atoms with E-state index in [1.807, 2.05) is 27.7 Å². The van der Waals surface area contributed by atoms with Crippen LogP contribution in [0.1, 0.15) is 34.1 Å². The lowest BCUT2D eigenvalue weighted by atomic mass is 10.1. The minimum Gasteiger partial charge on any atom is -0.369 e. The van der Waals surface area contributed by atoms with Gasteiger partial charge in [0.2, 0.25) is 5.91 Å². The summed E-state index contributed by atoms with van der Waals surface area (Å²) in [5, 5.41) is 3.16. The van der Waals surface area contributed by atoms with Gasteiger partial charge in [-0.25, -0.2) is 0 Å². The summed E-state index contributed by atoms with van der Waals surface area (Å²) in [6, 6.07) is 0.379. The zero-order chi connectivity index (χ0) is 11.6. The molecule has 0 saturated heterocycles. The molecule has 0 saturated carbocycles. The van der Waals surface area contributed by atoms with Crippen LogP contribution in [0.3, 0.4) is 0 Å². The average Bonchev–Trinajstić information content (AvgIpc) is 2.14. The zero-order valence-corrected chi connectivity index (χ0v) is 9.84. The Kier molecular flexibility index (Phi) is 11.9. The van der Waals surface area contributed by atoms with Crippen LogP contribution in [0, 0.1) is 5.92 Å². The molecule has 0 aromatic carbocycles. The minimum absolute atomic E-state index is 0.127. The highest BCUT2D eigenvalue weighted by molar-refractivity contribution is 5.76. The molecule has 0 bridgehead atoms. The second-order valence-corrected chi connectivity index (χ2v) is 3.24. The molecule has 0 aromatic heterocycles. The first-order valence-corrected chi connectivity index (χ1v) is 5.30. The van der Waals surface area contributed by atoms with E-state index < -0.39 is 0 Å². The smallest absolute Gasteiger partial charge is 0.221 e. The molecular formula is C10H25N3O. The van der Waals surface area contributed by atoms with Gasteiger partial charge in [-0.15, -0.1) is 0 Å². The summed E-state index contributed by atoms with van der Waals surface area (Å²) in [4.78, 5) is 10.8. The van der Waals surface area contributed by atoms with Crippen molar-refractivity contribution in [3.8, 4) is 0 Å². The van der Waals surface area contributed by atoms with E-state index in [-0.39, 0.29) is 11.8 Å². The lowest BCUT2D eigenvalue weighted by molar-refractivity contribution is -0.121. The third kappa shape index (κ3) is 9.48. The highest BCUT2D eigenvalue weighted by Gasteiger charge is 2.13. The van der Waals surface area contributed by atoms with Crippen LogP contribution in [0.5, 0.6) is 0 Å². The molecule has 86 valence electrons. The van der Waals surface area contributed by atoms with Gasteiger partial charge in [-0.05, 0) is 13.0 Å². The van der Waals surface area contributed by atoms with Crippen molar-refractivity contribution in [1.29, 1.82) is 0 Å². The summed E-state index contributed by atoms with van der Waals surface area (Å²) in [5.41, 5.74) is 10.5. The van der Waals surface area contributed by atoms with Gasteiger partial charge in [-0.3, -0.25) is 4.79 Å². The fourth-order valence-corrected chi connectivity index (χ4v) is 0.924. The first-order chi connectivity index (χ1) is 6.57. The molecule has 4 heteroatoms. The molecule has 1 unspecified atom stereocenters. The molecular weight excluding hydrogens is 178 g/mol. The number of carbonyl (C=O) groups is 1. The van der Waals surface area contributed by atoms with Crippen molar-refractivity contribution < 1.29 is 4.79 Å². The van der Waals surface area contributed by atoms with E-state index in [0.29, 0.717) is 25.6 Å². The second-order valence-electron chi connectivity index (χ2n) is 3.24. The van der Waals surface area contributed by atoms with Gasteiger partial charge in [-0.2, -0.15) is 0 Å². The van der Waals surface area contributed by atoms with E-state index in [4.69, 9.17) is 11.5 Å². The topological polar surface area (TPSA) is 81.1 Å². The standard InChI is InChI=1S/C8H19N3O.C2H6/c1-6(2)11-5-7(3-4-9)8(10)12;1-2/h6-7,11H,3-5,9H2,1-2H3,(H2,10,12);1-2H3. The molecule has 0 aliphatic heterocycles. The highest BCUT2D eigenvalue weighted by Crippen LogP contribution is 1.99. The van der Waals surface area contributed by atoms with Crippen LogP contribution >= 0.6 is 0 Å². The molecule has 1 atom stereocenters. The van der Waals surface area contributed by atoms with Crippen LogP contribution < -0.4 is 16.8 Å². The van der Waals surface area contributed by atoms with Gasteiger partial charge in [0.25, 0.3) is 0 Å². The number of amides is 1. The summed E-state index contributed by atoms with van der Waals surface area (Å²) in [7, 11) is 0. The van der Waals surface area contributed by atoms with E-state index in [1.54, 1.807) is 0 Å². The van der Waals surface area contributed by atoms with Crippen LogP contribution in [0.15, 0.2) is 0 Å². The molecule has 1 amide bonds. The predicted molar refractivity (Wildman–Crippen MR) is 60.8 cm³/mol. The lowest BCUT2D eigenvalue weighted by Crippen LogP contribution is -2.37. The highest BCUT2D eigenvalue weighted by atomic mass is 16.1. The van der Waals surface area contributed by atoms with Crippen LogP contribution in [0.4, 0.5) is 0 Å². The van der Waals surface area contributed by atoms with Crippen molar-refractivity contribution in [3.05, 3.63) is 0 Å². The van der Waals surface area contributed by atoms with Crippen LogP contribution in [0.2, 0.25) is 0 Å². The Labute approximate surface area is 87.4 Å². The fourth-order valence-electron chi connectivity index (χ4n) is 0.924. The maximum absolute atomic E-state index is 10.8. The SMILES string of the molecule is CC.CC(C)NCC(CCN)C(N)=O. The van der Waals surface area contributed by atoms with Crippen LogP contribution in [-0.4, -0.2) is 25.0 Å². The maximum Gasteiger partial charge on any atom is 0.221 e. The van der Waals surface area contributed by atoms with Crippen molar-refractivity contribution in [3.63, 3.8) is 0 Å². The number of hydrogen-bond acceptors (Lipinski definition) is 3. The summed E-state index contributed by atoms with van der Waals surface area (Å²) in [5.74, 6) is -0.397. The van der Waals surface area contributed by atoms with Crippen LogP contribution in [-0.2, 0) is 4.79 Å². The average molecular weight is 203 g/mol. The summed E-state index contributed by atoms with van der Waals surface area (Å²) >= 11 is 0. The molecule has 14 heavy (non-hydrogen) atoms. The van der Waals surface area contributed by atoms with E-state index in [1.165, 1.54) is 0 Å². The molecule has 0 spiro atoms. The van der Waals surface area contributed by atoms with Gasteiger partial charge >= 0.3 is 0 Å². The monoisotopic (exact) mass is 203 g/mol. The Balaban J connectivity index is 0. The van der Waals surface area contributed by atoms with Gasteiger partial charge < -0.3 is 16.8 Å². The first kappa shape index (κ1) is 15.8. The Morgan fingerprint density at radius 2 is 1.86 bits per heavy atom. The van der Waals surface area contributed by atoms with Gasteiger partial charge in [-0.1, -0.05) is 27.7 Å². The van der Waals surface area contributed by atoms with E-state index in [2.05, 4.69) is 5.32 Å². The van der Waals surface area contributed by atoms with Crippen molar-refractivity contribution in [2.45, 2.75) is 40.2 Å². The lowest BCUT2D eigenvalue weighted by Gasteiger charge is -2.14.